The number of carbonyl (C=O) groups excluding carboxylic acids is 1. The molecule has 0 saturated heterocycles. The summed E-state index contributed by atoms with van der Waals surface area (Å²) >= 11 is 0. The Morgan fingerprint density at radius 1 is 1.38 bits per heavy atom. The molecule has 13 heavy (non-hydrogen) atoms. The number of carbonyl (C=O) groups is 1. The Balaban J connectivity index is 2.29. The molecular weight excluding hydrogens is 162 g/mol. The molecule has 0 fully saturated rings. The van der Waals surface area contributed by atoms with Crippen molar-refractivity contribution in [2.24, 2.45) is 0 Å². The summed E-state index contributed by atoms with van der Waals surface area (Å²) in [6.45, 7) is 2.02. The van der Waals surface area contributed by atoms with Crippen LogP contribution in [0, 0.1) is 0 Å². The maximum atomic E-state index is 10.3. The quantitative estimate of drug-likeness (QED) is 0.681. The number of nitrogens with one attached hydrogen (secondary N) is 1. The van der Waals surface area contributed by atoms with E-state index in [1.165, 1.54) is 11.1 Å². The lowest BCUT2D eigenvalue weighted by molar-refractivity contribution is -0.107. The molecule has 0 unspecified atom stereocenters. The Morgan fingerprint density at radius 2 is 2.31 bits per heavy atom. The number of benzene rings is 1. The summed E-state index contributed by atoms with van der Waals surface area (Å²) in [5.74, 6) is 0. The summed E-state index contributed by atoms with van der Waals surface area (Å²) < 4.78 is 0. The van der Waals surface area contributed by atoms with Crippen LogP contribution in [-0.2, 0) is 24.2 Å². The smallest absolute Gasteiger partial charge is 0.124 e. The van der Waals surface area contributed by atoms with Crippen molar-refractivity contribution in [1.29, 1.82) is 0 Å². The van der Waals surface area contributed by atoms with Crippen molar-refractivity contribution in [3.05, 3.63) is 34.9 Å². The molecule has 0 aromatic heterocycles. The number of rotatable bonds is 2. The second-order valence-corrected chi connectivity index (χ2v) is 3.40. The van der Waals surface area contributed by atoms with Gasteiger partial charge in [-0.25, -0.2) is 0 Å². The molecule has 0 bridgehead atoms. The van der Waals surface area contributed by atoms with Crippen molar-refractivity contribution < 1.29 is 4.79 Å². The third-order valence-corrected chi connectivity index (χ3v) is 2.48. The van der Waals surface area contributed by atoms with Gasteiger partial charge < -0.3 is 10.1 Å². The Morgan fingerprint density at radius 3 is 3.15 bits per heavy atom. The van der Waals surface area contributed by atoms with Gasteiger partial charge in [0.25, 0.3) is 0 Å². The van der Waals surface area contributed by atoms with Gasteiger partial charge in [-0.15, -0.1) is 0 Å². The molecule has 68 valence electrons. The Kier molecular flexibility index (Phi) is 2.41. The molecule has 1 heterocycles. The summed E-state index contributed by atoms with van der Waals surface area (Å²) in [5, 5.41) is 3.32. The molecule has 1 aliphatic heterocycles. The van der Waals surface area contributed by atoms with Crippen LogP contribution in [0.1, 0.15) is 16.7 Å². The van der Waals surface area contributed by atoms with Crippen LogP contribution in [0.2, 0.25) is 0 Å². The second-order valence-electron chi connectivity index (χ2n) is 3.40. The first kappa shape index (κ1) is 8.45. The highest BCUT2D eigenvalue weighted by molar-refractivity contribution is 5.55. The first-order chi connectivity index (χ1) is 6.40. The molecule has 0 radical (unpaired) electrons. The molecule has 1 aromatic rings. The van der Waals surface area contributed by atoms with E-state index in [4.69, 9.17) is 0 Å². The van der Waals surface area contributed by atoms with Crippen molar-refractivity contribution in [3.8, 4) is 0 Å². The van der Waals surface area contributed by atoms with E-state index in [0.29, 0.717) is 6.42 Å². The topological polar surface area (TPSA) is 29.1 Å². The van der Waals surface area contributed by atoms with E-state index in [1.54, 1.807) is 0 Å². The van der Waals surface area contributed by atoms with Crippen LogP contribution in [0.4, 0.5) is 0 Å². The van der Waals surface area contributed by atoms with Gasteiger partial charge in [0.05, 0.1) is 0 Å². The van der Waals surface area contributed by atoms with Crippen molar-refractivity contribution in [3.63, 3.8) is 0 Å². The van der Waals surface area contributed by atoms with Crippen LogP contribution >= 0.6 is 0 Å². The molecule has 1 aliphatic rings. The van der Waals surface area contributed by atoms with Crippen LogP contribution in [0.15, 0.2) is 18.2 Å². The molecule has 0 aliphatic carbocycles. The molecule has 0 saturated carbocycles. The standard InChI is InChI=1S/C11H13NO/c13-6-4-9-1-2-11-8-12-5-3-10(11)7-9/h1-2,6-7,12H,3-5,8H2. The number of fused-ring (bicyclic) bond motifs is 1. The maximum absolute atomic E-state index is 10.3. The minimum absolute atomic E-state index is 0.542. The highest BCUT2D eigenvalue weighted by Gasteiger charge is 2.07. The molecule has 1 aromatic carbocycles. The van der Waals surface area contributed by atoms with Crippen molar-refractivity contribution in [1.82, 2.24) is 5.32 Å². The number of hydrogen-bond donors (Lipinski definition) is 1. The molecule has 2 heteroatoms. The van der Waals surface area contributed by atoms with E-state index in [0.717, 1.165) is 31.4 Å². The fourth-order valence-corrected chi connectivity index (χ4v) is 1.75. The highest BCUT2D eigenvalue weighted by Crippen LogP contribution is 2.15. The van der Waals surface area contributed by atoms with Gasteiger partial charge in [-0.1, -0.05) is 18.2 Å². The lowest BCUT2D eigenvalue weighted by atomic mass is 9.98. The summed E-state index contributed by atoms with van der Waals surface area (Å²) in [6, 6.07) is 6.32. The van der Waals surface area contributed by atoms with Gasteiger partial charge in [-0.05, 0) is 29.7 Å². The van der Waals surface area contributed by atoms with Gasteiger partial charge in [-0.3, -0.25) is 0 Å². The van der Waals surface area contributed by atoms with Crippen LogP contribution in [0.25, 0.3) is 0 Å². The van der Waals surface area contributed by atoms with Crippen molar-refractivity contribution >= 4 is 6.29 Å². The lowest BCUT2D eigenvalue weighted by Gasteiger charge is -2.17. The maximum Gasteiger partial charge on any atom is 0.124 e. The van der Waals surface area contributed by atoms with E-state index in [1.807, 2.05) is 6.07 Å². The van der Waals surface area contributed by atoms with E-state index >= 15 is 0 Å². The minimum Gasteiger partial charge on any atom is -0.312 e. The molecule has 0 amide bonds. The zero-order valence-electron chi connectivity index (χ0n) is 7.55. The average molecular weight is 175 g/mol. The van der Waals surface area contributed by atoms with Crippen LogP contribution in [-0.4, -0.2) is 12.8 Å². The molecule has 0 atom stereocenters. The highest BCUT2D eigenvalue weighted by atomic mass is 16.1. The van der Waals surface area contributed by atoms with Gasteiger partial charge in [0.1, 0.15) is 6.29 Å². The molecule has 1 N–H and O–H groups in total. The first-order valence-electron chi connectivity index (χ1n) is 4.65. The molecule has 2 rings (SSSR count). The Bertz CT molecular complexity index is 320. The molecule has 0 spiro atoms. The van der Waals surface area contributed by atoms with Gasteiger partial charge in [-0.2, -0.15) is 0 Å². The number of hydrogen-bond acceptors (Lipinski definition) is 2. The largest absolute Gasteiger partial charge is 0.312 e. The molecular formula is C11H13NO. The summed E-state index contributed by atoms with van der Waals surface area (Å²) in [5.41, 5.74) is 3.91. The minimum atomic E-state index is 0.542. The zero-order valence-corrected chi connectivity index (χ0v) is 7.55. The second kappa shape index (κ2) is 3.71. The Hall–Kier alpha value is -1.15. The van der Waals surface area contributed by atoms with Gasteiger partial charge in [0, 0.05) is 13.0 Å². The summed E-state index contributed by atoms with van der Waals surface area (Å²) in [6.07, 6.45) is 2.59. The summed E-state index contributed by atoms with van der Waals surface area (Å²) in [7, 11) is 0. The third kappa shape index (κ3) is 1.78. The van der Waals surface area contributed by atoms with Crippen molar-refractivity contribution in [2.75, 3.05) is 6.54 Å². The van der Waals surface area contributed by atoms with E-state index in [9.17, 15) is 4.79 Å². The predicted molar refractivity (Wildman–Crippen MR) is 51.6 cm³/mol. The fraction of sp³-hybridized carbons (Fsp3) is 0.364. The van der Waals surface area contributed by atoms with Crippen LogP contribution in [0.5, 0.6) is 0 Å². The SMILES string of the molecule is O=CCc1ccc2c(c1)CCNC2. The summed E-state index contributed by atoms with van der Waals surface area (Å²) in [4.78, 5) is 10.3. The van der Waals surface area contributed by atoms with Crippen LogP contribution in [0.3, 0.4) is 0 Å². The third-order valence-electron chi connectivity index (χ3n) is 2.48. The van der Waals surface area contributed by atoms with Crippen molar-refractivity contribution in [2.45, 2.75) is 19.4 Å². The van der Waals surface area contributed by atoms with Crippen LogP contribution < -0.4 is 5.32 Å². The van der Waals surface area contributed by atoms with E-state index < -0.39 is 0 Å². The fourth-order valence-electron chi connectivity index (χ4n) is 1.75. The number of aldehydes is 1. The lowest BCUT2D eigenvalue weighted by Crippen LogP contribution is -2.23. The van der Waals surface area contributed by atoms with Gasteiger partial charge in [0.2, 0.25) is 0 Å². The zero-order chi connectivity index (χ0) is 9.10. The van der Waals surface area contributed by atoms with Gasteiger partial charge >= 0.3 is 0 Å². The normalized spacial score (nSPS) is 15.1. The first-order valence-corrected chi connectivity index (χ1v) is 4.65. The van der Waals surface area contributed by atoms with E-state index in [-0.39, 0.29) is 0 Å². The van der Waals surface area contributed by atoms with Gasteiger partial charge in [0.15, 0.2) is 0 Å². The average Bonchev–Trinajstić information content (AvgIpc) is 2.18. The predicted octanol–water partition coefficient (Wildman–Crippen LogP) is 1.07. The monoisotopic (exact) mass is 175 g/mol. The molecule has 2 nitrogen and oxygen atoms in total. The van der Waals surface area contributed by atoms with E-state index in [2.05, 4.69) is 17.4 Å². The Labute approximate surface area is 78.0 Å².